The SMILES string of the molecule is CCn1c(SCC(=O)c2ccc(Br)cc2)nnc1-c1cccnc1. The second kappa shape index (κ2) is 7.72. The van der Waals surface area contributed by atoms with Gasteiger partial charge in [0.1, 0.15) is 0 Å². The fourth-order valence-electron chi connectivity index (χ4n) is 2.24. The summed E-state index contributed by atoms with van der Waals surface area (Å²) < 4.78 is 2.95. The summed E-state index contributed by atoms with van der Waals surface area (Å²) in [5.74, 6) is 1.16. The summed E-state index contributed by atoms with van der Waals surface area (Å²) in [7, 11) is 0. The normalized spacial score (nSPS) is 10.8. The average molecular weight is 403 g/mol. The molecule has 2 aromatic heterocycles. The number of carbonyl (C=O) groups excluding carboxylic acids is 1. The number of benzene rings is 1. The van der Waals surface area contributed by atoms with Gasteiger partial charge in [0, 0.05) is 34.5 Å². The van der Waals surface area contributed by atoms with E-state index in [1.165, 1.54) is 11.8 Å². The minimum absolute atomic E-state index is 0.0704. The molecule has 0 fully saturated rings. The average Bonchev–Trinajstić information content (AvgIpc) is 3.04. The summed E-state index contributed by atoms with van der Waals surface area (Å²) in [6, 6.07) is 11.2. The van der Waals surface area contributed by atoms with Crippen LogP contribution in [0.2, 0.25) is 0 Å². The number of thioether (sulfide) groups is 1. The van der Waals surface area contributed by atoms with Crippen LogP contribution in [-0.4, -0.2) is 31.3 Å². The molecule has 0 aliphatic rings. The van der Waals surface area contributed by atoms with Crippen molar-refractivity contribution >= 4 is 33.5 Å². The van der Waals surface area contributed by atoms with E-state index in [1.54, 1.807) is 12.4 Å². The number of Topliss-reactive ketones (excluding diaryl/α,β-unsaturated/α-hetero) is 1. The zero-order chi connectivity index (χ0) is 16.9. The van der Waals surface area contributed by atoms with Gasteiger partial charge in [0.15, 0.2) is 16.8 Å². The Balaban J connectivity index is 1.75. The molecule has 0 spiro atoms. The highest BCUT2D eigenvalue weighted by Gasteiger charge is 2.15. The summed E-state index contributed by atoms with van der Waals surface area (Å²) in [4.78, 5) is 16.4. The molecule has 1 aromatic carbocycles. The molecular formula is C17H15BrN4OS. The minimum Gasteiger partial charge on any atom is -0.302 e. The van der Waals surface area contributed by atoms with Crippen molar-refractivity contribution in [3.8, 4) is 11.4 Å². The molecule has 24 heavy (non-hydrogen) atoms. The molecule has 5 nitrogen and oxygen atoms in total. The third-order valence-electron chi connectivity index (χ3n) is 3.45. The van der Waals surface area contributed by atoms with Crippen molar-refractivity contribution in [3.05, 3.63) is 58.8 Å². The zero-order valence-electron chi connectivity index (χ0n) is 13.0. The maximum Gasteiger partial charge on any atom is 0.191 e. The quantitative estimate of drug-likeness (QED) is 0.458. The van der Waals surface area contributed by atoms with E-state index in [4.69, 9.17) is 0 Å². The lowest BCUT2D eigenvalue weighted by molar-refractivity contribution is 0.102. The lowest BCUT2D eigenvalue weighted by Crippen LogP contribution is -2.05. The number of halogens is 1. The third kappa shape index (κ3) is 3.73. The minimum atomic E-state index is 0.0704. The summed E-state index contributed by atoms with van der Waals surface area (Å²) >= 11 is 4.77. The van der Waals surface area contributed by atoms with E-state index in [1.807, 2.05) is 47.9 Å². The van der Waals surface area contributed by atoms with Crippen molar-refractivity contribution in [1.82, 2.24) is 19.7 Å². The maximum absolute atomic E-state index is 12.3. The van der Waals surface area contributed by atoms with Crippen LogP contribution >= 0.6 is 27.7 Å². The third-order valence-corrected chi connectivity index (χ3v) is 4.95. The highest BCUT2D eigenvalue weighted by Crippen LogP contribution is 2.24. The van der Waals surface area contributed by atoms with E-state index in [-0.39, 0.29) is 5.78 Å². The van der Waals surface area contributed by atoms with Crippen LogP contribution in [0, 0.1) is 0 Å². The Morgan fingerprint density at radius 2 is 2.00 bits per heavy atom. The van der Waals surface area contributed by atoms with Crippen LogP contribution < -0.4 is 0 Å². The molecule has 0 unspecified atom stereocenters. The van der Waals surface area contributed by atoms with Crippen molar-refractivity contribution in [3.63, 3.8) is 0 Å². The molecule has 3 rings (SSSR count). The summed E-state index contributed by atoms with van der Waals surface area (Å²) in [6.07, 6.45) is 3.49. The second-order valence-corrected chi connectivity index (χ2v) is 6.87. The highest BCUT2D eigenvalue weighted by molar-refractivity contribution is 9.10. The van der Waals surface area contributed by atoms with Gasteiger partial charge in [-0.05, 0) is 31.2 Å². The maximum atomic E-state index is 12.3. The molecule has 0 bridgehead atoms. The Morgan fingerprint density at radius 1 is 1.21 bits per heavy atom. The van der Waals surface area contributed by atoms with E-state index in [0.717, 1.165) is 27.6 Å². The predicted molar refractivity (Wildman–Crippen MR) is 98.1 cm³/mol. The van der Waals surface area contributed by atoms with Gasteiger partial charge in [0.2, 0.25) is 0 Å². The van der Waals surface area contributed by atoms with Crippen molar-refractivity contribution in [1.29, 1.82) is 0 Å². The van der Waals surface area contributed by atoms with E-state index < -0.39 is 0 Å². The molecule has 0 aliphatic carbocycles. The zero-order valence-corrected chi connectivity index (χ0v) is 15.4. The largest absolute Gasteiger partial charge is 0.302 e. The molecule has 0 N–H and O–H groups in total. The van der Waals surface area contributed by atoms with Gasteiger partial charge in [-0.1, -0.05) is 39.8 Å². The predicted octanol–water partition coefficient (Wildman–Crippen LogP) is 4.10. The van der Waals surface area contributed by atoms with Gasteiger partial charge in [0.25, 0.3) is 0 Å². The Kier molecular flexibility index (Phi) is 5.42. The van der Waals surface area contributed by atoms with E-state index >= 15 is 0 Å². The summed E-state index contributed by atoms with van der Waals surface area (Å²) in [5.41, 5.74) is 1.61. The monoisotopic (exact) mass is 402 g/mol. The molecule has 7 heteroatoms. The number of hydrogen-bond acceptors (Lipinski definition) is 5. The molecule has 0 atom stereocenters. The van der Waals surface area contributed by atoms with Crippen molar-refractivity contribution < 1.29 is 4.79 Å². The molecule has 0 saturated heterocycles. The van der Waals surface area contributed by atoms with E-state index in [2.05, 4.69) is 31.1 Å². The van der Waals surface area contributed by atoms with Gasteiger partial charge < -0.3 is 4.57 Å². The number of aromatic nitrogens is 4. The summed E-state index contributed by atoms with van der Waals surface area (Å²) in [5, 5.41) is 9.22. The van der Waals surface area contributed by atoms with Crippen molar-refractivity contribution in [2.75, 3.05) is 5.75 Å². The Labute approximate surface area is 152 Å². The number of nitrogens with zero attached hydrogens (tertiary/aromatic N) is 4. The van der Waals surface area contributed by atoms with Crippen LogP contribution in [0.4, 0.5) is 0 Å². The van der Waals surface area contributed by atoms with Gasteiger partial charge >= 0.3 is 0 Å². The molecule has 0 amide bonds. The number of carbonyl (C=O) groups is 1. The smallest absolute Gasteiger partial charge is 0.191 e. The van der Waals surface area contributed by atoms with Gasteiger partial charge in [-0.3, -0.25) is 9.78 Å². The Hall–Kier alpha value is -1.99. The van der Waals surface area contributed by atoms with Gasteiger partial charge in [-0.2, -0.15) is 0 Å². The first-order valence-corrected chi connectivity index (χ1v) is 9.22. The fraction of sp³-hybridized carbons (Fsp3) is 0.176. The second-order valence-electron chi connectivity index (χ2n) is 5.01. The molecule has 2 heterocycles. The molecule has 0 saturated carbocycles. The van der Waals surface area contributed by atoms with Gasteiger partial charge in [-0.15, -0.1) is 10.2 Å². The van der Waals surface area contributed by atoms with Gasteiger partial charge in [0.05, 0.1) is 5.75 Å². The number of pyridine rings is 1. The highest BCUT2D eigenvalue weighted by atomic mass is 79.9. The molecule has 3 aromatic rings. The van der Waals surface area contributed by atoms with Crippen LogP contribution in [0.1, 0.15) is 17.3 Å². The van der Waals surface area contributed by atoms with Crippen molar-refractivity contribution in [2.45, 2.75) is 18.6 Å². The number of hydrogen-bond donors (Lipinski definition) is 0. The van der Waals surface area contributed by atoms with Crippen LogP contribution in [0.15, 0.2) is 58.4 Å². The van der Waals surface area contributed by atoms with Crippen LogP contribution in [0.5, 0.6) is 0 Å². The first-order chi connectivity index (χ1) is 11.7. The van der Waals surface area contributed by atoms with E-state index in [9.17, 15) is 4.79 Å². The molecule has 0 aliphatic heterocycles. The summed E-state index contributed by atoms with van der Waals surface area (Å²) in [6.45, 7) is 2.76. The fourth-order valence-corrected chi connectivity index (χ4v) is 3.40. The topological polar surface area (TPSA) is 60.7 Å². The van der Waals surface area contributed by atoms with E-state index in [0.29, 0.717) is 11.3 Å². The van der Waals surface area contributed by atoms with Crippen LogP contribution in [-0.2, 0) is 6.54 Å². The number of ketones is 1. The van der Waals surface area contributed by atoms with Gasteiger partial charge in [-0.25, -0.2) is 0 Å². The van der Waals surface area contributed by atoms with Crippen LogP contribution in [0.25, 0.3) is 11.4 Å². The number of rotatable bonds is 6. The lowest BCUT2D eigenvalue weighted by Gasteiger charge is -2.07. The molecular weight excluding hydrogens is 388 g/mol. The van der Waals surface area contributed by atoms with Crippen molar-refractivity contribution in [2.24, 2.45) is 0 Å². The first-order valence-electron chi connectivity index (χ1n) is 7.44. The standard InChI is InChI=1S/C17H15BrN4OS/c1-2-22-16(13-4-3-9-19-10-13)20-21-17(22)24-11-15(23)12-5-7-14(18)8-6-12/h3-10H,2,11H2,1H3. The Bertz CT molecular complexity index is 834. The molecule has 122 valence electrons. The first kappa shape index (κ1) is 16.9. The molecule has 0 radical (unpaired) electrons. The Morgan fingerprint density at radius 3 is 2.67 bits per heavy atom. The van der Waals surface area contributed by atoms with Crippen LogP contribution in [0.3, 0.4) is 0 Å². The lowest BCUT2D eigenvalue weighted by atomic mass is 10.2.